The summed E-state index contributed by atoms with van der Waals surface area (Å²) < 4.78 is 0. The summed E-state index contributed by atoms with van der Waals surface area (Å²) in [5.74, 6) is 0.291. The van der Waals surface area contributed by atoms with Crippen LogP contribution < -0.4 is 15.6 Å². The number of amides is 2. The van der Waals surface area contributed by atoms with Gasteiger partial charge in [-0.2, -0.15) is 5.48 Å². The first-order valence-corrected chi connectivity index (χ1v) is 5.68. The van der Waals surface area contributed by atoms with E-state index < -0.39 is 11.0 Å². The van der Waals surface area contributed by atoms with Crippen LogP contribution in [0.15, 0.2) is 54.6 Å². The molecule has 0 unspecified atom stereocenters. The van der Waals surface area contributed by atoms with Gasteiger partial charge in [-0.1, -0.05) is 18.2 Å². The summed E-state index contributed by atoms with van der Waals surface area (Å²) in [6.07, 6.45) is 0. The van der Waals surface area contributed by atoms with Gasteiger partial charge < -0.3 is 10.2 Å². The number of carbonyl (C=O) groups is 1. The van der Waals surface area contributed by atoms with Crippen LogP contribution in [-0.4, -0.2) is 11.0 Å². The van der Waals surface area contributed by atoms with E-state index in [0.717, 1.165) is 0 Å². The quantitative estimate of drug-likeness (QED) is 0.661. The van der Waals surface area contributed by atoms with Gasteiger partial charge in [0.1, 0.15) is 0 Å². The largest absolute Gasteiger partial charge is 0.378 e. The molecule has 20 heavy (non-hydrogen) atoms. The number of urea groups is 1. The van der Waals surface area contributed by atoms with Crippen LogP contribution in [0, 0.1) is 10.1 Å². The number of nitrogens with zero attached hydrogens (tertiary/aromatic N) is 1. The Labute approximate surface area is 114 Å². The van der Waals surface area contributed by atoms with Crippen LogP contribution in [0.5, 0.6) is 5.75 Å². The highest BCUT2D eigenvalue weighted by Gasteiger charge is 2.06. The van der Waals surface area contributed by atoms with Crippen molar-refractivity contribution in [2.75, 3.05) is 5.32 Å². The fourth-order valence-corrected chi connectivity index (χ4v) is 1.42. The third-order valence-corrected chi connectivity index (χ3v) is 2.34. The van der Waals surface area contributed by atoms with E-state index in [1.807, 2.05) is 6.07 Å². The first-order valence-electron chi connectivity index (χ1n) is 5.68. The molecule has 0 aliphatic carbocycles. The Morgan fingerprint density at radius 3 is 2.30 bits per heavy atom. The number of hydrogen-bond donors (Lipinski definition) is 2. The van der Waals surface area contributed by atoms with Gasteiger partial charge in [-0.05, 0) is 24.3 Å². The summed E-state index contributed by atoms with van der Waals surface area (Å²) in [5.41, 5.74) is 2.75. The smallest absolute Gasteiger partial charge is 0.352 e. The Balaban J connectivity index is 1.85. The molecule has 7 heteroatoms. The standard InChI is InChI=1S/C13H11N3O4/c17-13(14-10-4-2-1-3-5-10)15-20-12-8-6-11(7-9-12)16(18)19/h1-9H,(H2,14,15,17). The Bertz CT molecular complexity index is 599. The lowest BCUT2D eigenvalue weighted by Crippen LogP contribution is -2.31. The maximum absolute atomic E-state index is 11.5. The Kier molecular flexibility index (Phi) is 4.13. The summed E-state index contributed by atoms with van der Waals surface area (Å²) in [5, 5.41) is 13.0. The van der Waals surface area contributed by atoms with Crippen LogP contribution in [0.25, 0.3) is 0 Å². The normalized spacial score (nSPS) is 9.60. The molecule has 0 saturated heterocycles. The van der Waals surface area contributed by atoms with Gasteiger partial charge in [0.2, 0.25) is 0 Å². The SMILES string of the molecule is O=C(NOc1ccc([N+](=O)[O-])cc1)Nc1ccccc1. The summed E-state index contributed by atoms with van der Waals surface area (Å²) in [7, 11) is 0. The molecule has 0 atom stereocenters. The third-order valence-electron chi connectivity index (χ3n) is 2.34. The maximum Gasteiger partial charge on any atom is 0.352 e. The monoisotopic (exact) mass is 273 g/mol. The van der Waals surface area contributed by atoms with Gasteiger partial charge in [0.05, 0.1) is 4.92 Å². The van der Waals surface area contributed by atoms with Crippen LogP contribution in [0.2, 0.25) is 0 Å². The number of carbonyl (C=O) groups excluding carboxylic acids is 1. The van der Waals surface area contributed by atoms with Gasteiger partial charge in [0, 0.05) is 17.8 Å². The lowest BCUT2D eigenvalue weighted by molar-refractivity contribution is -0.384. The molecule has 0 aliphatic rings. The number of nitro groups is 1. The fourth-order valence-electron chi connectivity index (χ4n) is 1.42. The van der Waals surface area contributed by atoms with Crippen molar-refractivity contribution in [1.29, 1.82) is 0 Å². The lowest BCUT2D eigenvalue weighted by atomic mass is 10.3. The zero-order valence-electron chi connectivity index (χ0n) is 10.3. The number of nitrogens with one attached hydrogen (secondary N) is 2. The topological polar surface area (TPSA) is 93.5 Å². The number of nitro benzene ring substituents is 1. The Hall–Kier alpha value is -3.09. The van der Waals surface area contributed by atoms with Crippen LogP contribution in [0.3, 0.4) is 0 Å². The highest BCUT2D eigenvalue weighted by molar-refractivity contribution is 5.88. The average Bonchev–Trinajstić information content (AvgIpc) is 2.46. The first kappa shape index (κ1) is 13.3. The number of para-hydroxylation sites is 1. The van der Waals surface area contributed by atoms with Crippen LogP contribution >= 0.6 is 0 Å². The minimum absolute atomic E-state index is 0.0499. The Morgan fingerprint density at radius 1 is 1.05 bits per heavy atom. The molecule has 0 bridgehead atoms. The fraction of sp³-hybridized carbons (Fsp3) is 0. The van der Waals surface area contributed by atoms with Crippen molar-refractivity contribution in [2.24, 2.45) is 0 Å². The number of rotatable bonds is 4. The summed E-state index contributed by atoms with van der Waals surface area (Å²) >= 11 is 0. The molecular weight excluding hydrogens is 262 g/mol. The lowest BCUT2D eigenvalue weighted by Gasteiger charge is -2.08. The molecule has 7 nitrogen and oxygen atoms in total. The molecular formula is C13H11N3O4. The van der Waals surface area contributed by atoms with Crippen molar-refractivity contribution < 1.29 is 14.6 Å². The molecule has 0 aromatic heterocycles. The molecule has 2 aromatic carbocycles. The number of hydroxylamine groups is 1. The summed E-state index contributed by atoms with van der Waals surface area (Å²) in [6, 6.07) is 13.7. The zero-order chi connectivity index (χ0) is 14.4. The van der Waals surface area contributed by atoms with E-state index in [2.05, 4.69) is 10.8 Å². The van der Waals surface area contributed by atoms with E-state index in [9.17, 15) is 14.9 Å². The second-order valence-corrected chi connectivity index (χ2v) is 3.78. The van der Waals surface area contributed by atoms with Gasteiger partial charge in [0.25, 0.3) is 5.69 Å². The highest BCUT2D eigenvalue weighted by Crippen LogP contribution is 2.16. The van der Waals surface area contributed by atoms with E-state index >= 15 is 0 Å². The van der Waals surface area contributed by atoms with Gasteiger partial charge in [-0.15, -0.1) is 0 Å². The minimum atomic E-state index is -0.547. The molecule has 0 saturated carbocycles. The van der Waals surface area contributed by atoms with Crippen LogP contribution in [-0.2, 0) is 0 Å². The van der Waals surface area contributed by atoms with Crippen molar-refractivity contribution in [3.8, 4) is 5.75 Å². The van der Waals surface area contributed by atoms with E-state index in [0.29, 0.717) is 11.4 Å². The van der Waals surface area contributed by atoms with E-state index in [1.54, 1.807) is 24.3 Å². The molecule has 2 aromatic rings. The number of benzene rings is 2. The molecule has 0 spiro atoms. The van der Waals surface area contributed by atoms with E-state index in [1.165, 1.54) is 24.3 Å². The molecule has 2 rings (SSSR count). The predicted molar refractivity (Wildman–Crippen MR) is 72.3 cm³/mol. The predicted octanol–water partition coefficient (Wildman–Crippen LogP) is 2.71. The molecule has 2 amide bonds. The van der Waals surface area contributed by atoms with Gasteiger partial charge in [-0.25, -0.2) is 4.79 Å². The van der Waals surface area contributed by atoms with Gasteiger partial charge in [-0.3, -0.25) is 10.1 Å². The van der Waals surface area contributed by atoms with Crippen molar-refractivity contribution in [3.05, 3.63) is 64.7 Å². The van der Waals surface area contributed by atoms with Crippen molar-refractivity contribution in [2.45, 2.75) is 0 Å². The van der Waals surface area contributed by atoms with Gasteiger partial charge >= 0.3 is 6.03 Å². The van der Waals surface area contributed by atoms with E-state index in [-0.39, 0.29) is 5.69 Å². The molecule has 102 valence electrons. The average molecular weight is 273 g/mol. The maximum atomic E-state index is 11.5. The summed E-state index contributed by atoms with van der Waals surface area (Å²) in [4.78, 5) is 26.4. The Morgan fingerprint density at radius 2 is 1.70 bits per heavy atom. The molecule has 0 aliphatic heterocycles. The number of anilines is 1. The summed E-state index contributed by atoms with van der Waals surface area (Å²) in [6.45, 7) is 0. The third kappa shape index (κ3) is 3.70. The van der Waals surface area contributed by atoms with Crippen molar-refractivity contribution >= 4 is 17.4 Å². The molecule has 2 N–H and O–H groups in total. The van der Waals surface area contributed by atoms with Crippen LogP contribution in [0.4, 0.5) is 16.2 Å². The zero-order valence-corrected chi connectivity index (χ0v) is 10.3. The van der Waals surface area contributed by atoms with Crippen molar-refractivity contribution in [1.82, 2.24) is 5.48 Å². The second-order valence-electron chi connectivity index (χ2n) is 3.78. The second kappa shape index (κ2) is 6.19. The molecule has 0 radical (unpaired) electrons. The highest BCUT2D eigenvalue weighted by atomic mass is 16.7. The van der Waals surface area contributed by atoms with Gasteiger partial charge in [0.15, 0.2) is 5.75 Å². The molecule has 0 fully saturated rings. The first-order chi connectivity index (χ1) is 9.65. The molecule has 0 heterocycles. The van der Waals surface area contributed by atoms with E-state index in [4.69, 9.17) is 4.84 Å². The number of non-ortho nitro benzene ring substituents is 1. The number of hydrogen-bond acceptors (Lipinski definition) is 4. The van der Waals surface area contributed by atoms with Crippen molar-refractivity contribution in [3.63, 3.8) is 0 Å². The minimum Gasteiger partial charge on any atom is -0.378 e. The van der Waals surface area contributed by atoms with Crippen LogP contribution in [0.1, 0.15) is 0 Å².